The molecule has 0 aliphatic carbocycles. The first-order valence-corrected chi connectivity index (χ1v) is 7.66. The van der Waals surface area contributed by atoms with Gasteiger partial charge >= 0.3 is 0 Å². The Labute approximate surface area is 136 Å². The molecule has 0 aliphatic heterocycles. The van der Waals surface area contributed by atoms with Gasteiger partial charge in [-0.2, -0.15) is 0 Å². The fourth-order valence-corrected chi connectivity index (χ4v) is 2.48. The van der Waals surface area contributed by atoms with Crippen LogP contribution in [0.3, 0.4) is 0 Å². The molecule has 3 heteroatoms. The van der Waals surface area contributed by atoms with Crippen molar-refractivity contribution < 1.29 is 9.21 Å². The molecule has 0 aliphatic rings. The average Bonchev–Trinajstić information content (AvgIpc) is 3.02. The van der Waals surface area contributed by atoms with E-state index >= 15 is 0 Å². The van der Waals surface area contributed by atoms with E-state index < -0.39 is 0 Å². The van der Waals surface area contributed by atoms with E-state index in [1.54, 1.807) is 0 Å². The van der Waals surface area contributed by atoms with Crippen LogP contribution in [0.5, 0.6) is 0 Å². The van der Waals surface area contributed by atoms with Crippen LogP contribution in [0.2, 0.25) is 0 Å². The second kappa shape index (κ2) is 6.53. The third kappa shape index (κ3) is 3.51. The number of carbonyl (C=O) groups excluding carboxylic acids is 1. The van der Waals surface area contributed by atoms with Crippen LogP contribution in [-0.4, -0.2) is 5.91 Å². The highest BCUT2D eigenvalue weighted by molar-refractivity contribution is 5.94. The van der Waals surface area contributed by atoms with Gasteiger partial charge in [0.25, 0.3) is 5.91 Å². The lowest BCUT2D eigenvalue weighted by Gasteiger charge is -2.12. The van der Waals surface area contributed by atoms with E-state index in [1.165, 1.54) is 0 Å². The number of aryl methyl sites for hydroxylation is 1. The van der Waals surface area contributed by atoms with Gasteiger partial charge in [-0.1, -0.05) is 42.5 Å². The van der Waals surface area contributed by atoms with Crippen molar-refractivity contribution in [3.8, 4) is 11.1 Å². The van der Waals surface area contributed by atoms with Gasteiger partial charge in [-0.05, 0) is 49.2 Å². The molecule has 1 aromatic heterocycles. The number of amides is 1. The van der Waals surface area contributed by atoms with E-state index in [0.29, 0.717) is 5.56 Å². The molecule has 1 amide bonds. The lowest BCUT2D eigenvalue weighted by atomic mass is 10.0. The van der Waals surface area contributed by atoms with Crippen molar-refractivity contribution in [2.24, 2.45) is 0 Å². The highest BCUT2D eigenvalue weighted by atomic mass is 16.3. The second-order valence-electron chi connectivity index (χ2n) is 5.59. The fourth-order valence-electron chi connectivity index (χ4n) is 2.48. The second-order valence-corrected chi connectivity index (χ2v) is 5.59. The summed E-state index contributed by atoms with van der Waals surface area (Å²) in [5.41, 5.74) is 2.87. The molecule has 0 fully saturated rings. The molecule has 1 N–H and O–H groups in total. The molecule has 1 atom stereocenters. The van der Waals surface area contributed by atoms with Crippen LogP contribution in [-0.2, 0) is 0 Å². The van der Waals surface area contributed by atoms with Crippen molar-refractivity contribution in [2.75, 3.05) is 0 Å². The number of hydrogen-bond donors (Lipinski definition) is 1. The van der Waals surface area contributed by atoms with Crippen LogP contribution in [0.25, 0.3) is 11.1 Å². The molecular formula is C20H19NO2. The van der Waals surface area contributed by atoms with Crippen LogP contribution in [0.4, 0.5) is 0 Å². The summed E-state index contributed by atoms with van der Waals surface area (Å²) in [6.07, 6.45) is 0. The zero-order valence-corrected chi connectivity index (χ0v) is 13.2. The first-order valence-electron chi connectivity index (χ1n) is 7.66. The van der Waals surface area contributed by atoms with E-state index in [9.17, 15) is 4.79 Å². The molecule has 2 aromatic carbocycles. The zero-order valence-electron chi connectivity index (χ0n) is 13.2. The minimum Gasteiger partial charge on any atom is -0.464 e. The molecule has 3 aromatic rings. The number of nitrogens with one attached hydrogen (secondary N) is 1. The van der Waals surface area contributed by atoms with E-state index in [-0.39, 0.29) is 11.9 Å². The van der Waals surface area contributed by atoms with Gasteiger partial charge in [0.1, 0.15) is 11.5 Å². The van der Waals surface area contributed by atoms with Gasteiger partial charge in [-0.3, -0.25) is 4.79 Å². The zero-order chi connectivity index (χ0) is 16.2. The molecule has 0 saturated carbocycles. The molecule has 0 bridgehead atoms. The maximum absolute atomic E-state index is 12.3. The molecule has 0 radical (unpaired) electrons. The summed E-state index contributed by atoms with van der Waals surface area (Å²) in [7, 11) is 0. The highest BCUT2D eigenvalue weighted by Crippen LogP contribution is 2.20. The van der Waals surface area contributed by atoms with Gasteiger partial charge in [0.05, 0.1) is 6.04 Å². The average molecular weight is 305 g/mol. The number of hydrogen-bond acceptors (Lipinski definition) is 2. The fraction of sp³-hybridized carbons (Fsp3) is 0.150. The van der Waals surface area contributed by atoms with Crippen molar-refractivity contribution in [3.63, 3.8) is 0 Å². The molecule has 3 nitrogen and oxygen atoms in total. The molecule has 0 saturated heterocycles. The molecule has 1 heterocycles. The Hall–Kier alpha value is -2.81. The Balaban J connectivity index is 1.70. The summed E-state index contributed by atoms with van der Waals surface area (Å²) in [6, 6.07) is 21.3. The molecule has 0 spiro atoms. The summed E-state index contributed by atoms with van der Waals surface area (Å²) in [6.45, 7) is 3.80. The summed E-state index contributed by atoms with van der Waals surface area (Å²) in [5, 5.41) is 2.95. The summed E-state index contributed by atoms with van der Waals surface area (Å²) < 4.78 is 5.54. The lowest BCUT2D eigenvalue weighted by molar-refractivity contribution is 0.0935. The predicted molar refractivity (Wildman–Crippen MR) is 91.2 cm³/mol. The third-order valence-electron chi connectivity index (χ3n) is 3.79. The molecule has 3 rings (SSSR count). The van der Waals surface area contributed by atoms with Crippen LogP contribution in [0.15, 0.2) is 71.1 Å². The van der Waals surface area contributed by atoms with Gasteiger partial charge in [-0.15, -0.1) is 0 Å². The maximum Gasteiger partial charge on any atom is 0.251 e. The van der Waals surface area contributed by atoms with Crippen molar-refractivity contribution in [1.29, 1.82) is 0 Å². The minimum absolute atomic E-state index is 0.105. The van der Waals surface area contributed by atoms with E-state index in [0.717, 1.165) is 22.6 Å². The summed E-state index contributed by atoms with van der Waals surface area (Å²) in [5.74, 6) is 1.50. The number of rotatable bonds is 4. The monoisotopic (exact) mass is 305 g/mol. The third-order valence-corrected chi connectivity index (χ3v) is 3.79. The van der Waals surface area contributed by atoms with E-state index in [1.807, 2.05) is 68.4 Å². The van der Waals surface area contributed by atoms with Gasteiger partial charge in [-0.25, -0.2) is 0 Å². The molecule has 23 heavy (non-hydrogen) atoms. The Morgan fingerprint density at radius 3 is 2.17 bits per heavy atom. The SMILES string of the molecule is Cc1ccc(C(C)NC(=O)c2ccc(-c3ccccc3)cc2)o1. The Bertz CT molecular complexity index is 788. The van der Waals surface area contributed by atoms with E-state index in [2.05, 4.69) is 17.4 Å². The largest absolute Gasteiger partial charge is 0.464 e. The molecular weight excluding hydrogens is 286 g/mol. The van der Waals surface area contributed by atoms with Crippen molar-refractivity contribution >= 4 is 5.91 Å². The van der Waals surface area contributed by atoms with Crippen molar-refractivity contribution in [2.45, 2.75) is 19.9 Å². The predicted octanol–water partition coefficient (Wildman–Crippen LogP) is 4.75. The standard InChI is InChI=1S/C20H19NO2/c1-14-8-13-19(23-14)15(2)21-20(22)18-11-9-17(10-12-18)16-6-4-3-5-7-16/h3-13,15H,1-2H3,(H,21,22). The highest BCUT2D eigenvalue weighted by Gasteiger charge is 2.14. The topological polar surface area (TPSA) is 42.2 Å². The van der Waals surface area contributed by atoms with Crippen molar-refractivity contribution in [1.82, 2.24) is 5.32 Å². The quantitative estimate of drug-likeness (QED) is 0.756. The maximum atomic E-state index is 12.3. The van der Waals surface area contributed by atoms with Gasteiger partial charge in [0.2, 0.25) is 0 Å². The first kappa shape index (κ1) is 15.1. The Morgan fingerprint density at radius 1 is 0.913 bits per heavy atom. The molecule has 116 valence electrons. The first-order chi connectivity index (χ1) is 11.1. The Morgan fingerprint density at radius 2 is 1.57 bits per heavy atom. The summed E-state index contributed by atoms with van der Waals surface area (Å²) >= 11 is 0. The number of carbonyl (C=O) groups is 1. The van der Waals surface area contributed by atoms with Crippen LogP contribution >= 0.6 is 0 Å². The van der Waals surface area contributed by atoms with Crippen LogP contribution in [0, 0.1) is 6.92 Å². The van der Waals surface area contributed by atoms with Crippen LogP contribution < -0.4 is 5.32 Å². The Kier molecular flexibility index (Phi) is 4.29. The van der Waals surface area contributed by atoms with Gasteiger partial charge in [0, 0.05) is 5.56 Å². The smallest absolute Gasteiger partial charge is 0.251 e. The normalized spacial score (nSPS) is 11.9. The summed E-state index contributed by atoms with van der Waals surface area (Å²) in [4.78, 5) is 12.3. The lowest BCUT2D eigenvalue weighted by Crippen LogP contribution is -2.26. The van der Waals surface area contributed by atoms with Gasteiger partial charge < -0.3 is 9.73 Å². The van der Waals surface area contributed by atoms with Gasteiger partial charge in [0.15, 0.2) is 0 Å². The number of benzene rings is 2. The number of furan rings is 1. The van der Waals surface area contributed by atoms with Crippen molar-refractivity contribution in [3.05, 3.63) is 83.8 Å². The minimum atomic E-state index is -0.162. The van der Waals surface area contributed by atoms with E-state index in [4.69, 9.17) is 4.42 Å². The molecule has 1 unspecified atom stereocenters. The van der Waals surface area contributed by atoms with Crippen LogP contribution in [0.1, 0.15) is 34.8 Å².